The van der Waals surface area contributed by atoms with Gasteiger partial charge < -0.3 is 4.90 Å². The van der Waals surface area contributed by atoms with Crippen LogP contribution in [0.25, 0.3) is 27.7 Å². The number of anilines is 1. The highest BCUT2D eigenvalue weighted by Gasteiger charge is 2.38. The molecule has 0 aliphatic carbocycles. The summed E-state index contributed by atoms with van der Waals surface area (Å²) in [5.74, 6) is -0.423. The van der Waals surface area contributed by atoms with E-state index in [4.69, 9.17) is 0 Å². The van der Waals surface area contributed by atoms with Crippen LogP contribution in [0, 0.1) is 0 Å². The smallest absolute Gasteiger partial charge is 0.305 e. The Balaban J connectivity index is 1.57. The summed E-state index contributed by atoms with van der Waals surface area (Å²) in [6.07, 6.45) is -2.84. The molecule has 1 amide bonds. The maximum atomic E-state index is 14.1. The standard InChI is InChI=1S/C27H19F3N4O/c1-16-13-18-8-3-5-12-23(18)33(16)26(35)21-15-31-34-24(27(28,29)30)14-22(32-25(21)34)20-11-6-9-17-7-2-4-10-19(17)20/h2-12,14-16H,13H2,1H3/t16-/m0/s1. The first-order chi connectivity index (χ1) is 16.8. The van der Waals surface area contributed by atoms with Gasteiger partial charge in [-0.15, -0.1) is 0 Å². The minimum Gasteiger partial charge on any atom is -0.305 e. The first-order valence-electron chi connectivity index (χ1n) is 11.2. The summed E-state index contributed by atoms with van der Waals surface area (Å²) in [7, 11) is 0. The molecule has 6 rings (SSSR count). The molecule has 1 aliphatic heterocycles. The monoisotopic (exact) mass is 472 g/mol. The molecule has 0 N–H and O–H groups in total. The number of alkyl halides is 3. The SMILES string of the molecule is C[C@H]1Cc2ccccc2N1C(=O)c1cnn2c(C(F)(F)F)cc(-c3cccc4ccccc34)nc12. The number of nitrogens with zero attached hydrogens (tertiary/aromatic N) is 4. The van der Waals surface area contributed by atoms with Crippen LogP contribution < -0.4 is 4.90 Å². The third-order valence-corrected chi connectivity index (χ3v) is 6.48. The van der Waals surface area contributed by atoms with E-state index in [9.17, 15) is 18.0 Å². The molecule has 2 aromatic heterocycles. The maximum absolute atomic E-state index is 14.1. The Morgan fingerprint density at radius 1 is 1.00 bits per heavy atom. The lowest BCUT2D eigenvalue weighted by Gasteiger charge is -2.22. The summed E-state index contributed by atoms with van der Waals surface area (Å²) in [5, 5.41) is 5.60. The lowest BCUT2D eigenvalue weighted by molar-refractivity contribution is -0.142. The minimum absolute atomic E-state index is 0.0288. The Morgan fingerprint density at radius 2 is 1.74 bits per heavy atom. The molecule has 5 aromatic rings. The van der Waals surface area contributed by atoms with Gasteiger partial charge in [-0.2, -0.15) is 18.3 Å². The highest BCUT2D eigenvalue weighted by molar-refractivity contribution is 6.11. The van der Waals surface area contributed by atoms with E-state index < -0.39 is 17.8 Å². The van der Waals surface area contributed by atoms with Gasteiger partial charge in [0.15, 0.2) is 11.3 Å². The van der Waals surface area contributed by atoms with Crippen LogP contribution in [0.3, 0.4) is 0 Å². The van der Waals surface area contributed by atoms with Crippen molar-refractivity contribution in [2.24, 2.45) is 0 Å². The van der Waals surface area contributed by atoms with Gasteiger partial charge in [0.1, 0.15) is 5.56 Å². The Labute approximate surface area is 198 Å². The van der Waals surface area contributed by atoms with E-state index in [1.165, 1.54) is 6.20 Å². The van der Waals surface area contributed by atoms with E-state index in [-0.39, 0.29) is 22.9 Å². The van der Waals surface area contributed by atoms with Crippen LogP contribution in [0.5, 0.6) is 0 Å². The van der Waals surface area contributed by atoms with Crippen LogP contribution in [0.2, 0.25) is 0 Å². The highest BCUT2D eigenvalue weighted by Crippen LogP contribution is 2.37. The molecular formula is C27H19F3N4O. The molecule has 3 aromatic carbocycles. The van der Waals surface area contributed by atoms with Gasteiger partial charge in [0.2, 0.25) is 0 Å². The average molecular weight is 472 g/mol. The zero-order valence-electron chi connectivity index (χ0n) is 18.6. The van der Waals surface area contributed by atoms with E-state index in [1.54, 1.807) is 17.0 Å². The number of hydrogen-bond acceptors (Lipinski definition) is 3. The number of hydrogen-bond donors (Lipinski definition) is 0. The second-order valence-electron chi connectivity index (χ2n) is 8.70. The van der Waals surface area contributed by atoms with Crippen LogP contribution in [0.4, 0.5) is 18.9 Å². The van der Waals surface area contributed by atoms with Gasteiger partial charge in [0.05, 0.1) is 11.9 Å². The summed E-state index contributed by atoms with van der Waals surface area (Å²) in [5.41, 5.74) is 1.38. The predicted molar refractivity (Wildman–Crippen MR) is 127 cm³/mol. The number of amides is 1. The third kappa shape index (κ3) is 3.36. The second-order valence-corrected chi connectivity index (χ2v) is 8.70. The molecular weight excluding hydrogens is 453 g/mol. The summed E-state index contributed by atoms with van der Waals surface area (Å²) in [6.45, 7) is 1.92. The van der Waals surface area contributed by atoms with Gasteiger partial charge in [-0.3, -0.25) is 4.79 Å². The Kier molecular flexibility index (Phi) is 4.67. The van der Waals surface area contributed by atoms with E-state index in [0.717, 1.165) is 28.1 Å². The van der Waals surface area contributed by atoms with Crippen molar-refractivity contribution in [3.63, 3.8) is 0 Å². The molecule has 0 saturated carbocycles. The topological polar surface area (TPSA) is 50.5 Å². The van der Waals surface area contributed by atoms with E-state index in [1.807, 2.05) is 61.5 Å². The van der Waals surface area contributed by atoms with Crippen molar-refractivity contribution in [2.45, 2.75) is 25.6 Å². The van der Waals surface area contributed by atoms with Gasteiger partial charge in [0, 0.05) is 17.3 Å². The van der Waals surface area contributed by atoms with Gasteiger partial charge in [-0.1, -0.05) is 60.7 Å². The Hall–Kier alpha value is -4.20. The summed E-state index contributed by atoms with van der Waals surface area (Å²) >= 11 is 0. The molecule has 174 valence electrons. The molecule has 0 radical (unpaired) electrons. The van der Waals surface area contributed by atoms with E-state index >= 15 is 0 Å². The lowest BCUT2D eigenvalue weighted by atomic mass is 10.0. The lowest BCUT2D eigenvalue weighted by Crippen LogP contribution is -2.35. The number of carbonyl (C=O) groups excluding carboxylic acids is 1. The van der Waals surface area contributed by atoms with Crippen molar-refractivity contribution in [2.75, 3.05) is 4.90 Å². The molecule has 35 heavy (non-hydrogen) atoms. The van der Waals surface area contributed by atoms with Crippen LogP contribution in [0.1, 0.15) is 28.5 Å². The Bertz CT molecular complexity index is 1620. The van der Waals surface area contributed by atoms with Crippen LogP contribution in [-0.2, 0) is 12.6 Å². The molecule has 0 saturated heterocycles. The number of benzene rings is 3. The molecule has 5 nitrogen and oxygen atoms in total. The predicted octanol–water partition coefficient (Wildman–Crippen LogP) is 6.16. The first-order valence-corrected chi connectivity index (χ1v) is 11.2. The Morgan fingerprint density at radius 3 is 2.57 bits per heavy atom. The van der Waals surface area contributed by atoms with E-state index in [2.05, 4.69) is 10.1 Å². The van der Waals surface area contributed by atoms with Crippen molar-refractivity contribution < 1.29 is 18.0 Å². The fourth-order valence-corrected chi connectivity index (χ4v) is 4.91. The summed E-state index contributed by atoms with van der Waals surface area (Å²) in [4.78, 5) is 19.8. The molecule has 8 heteroatoms. The molecule has 1 atom stereocenters. The zero-order chi connectivity index (χ0) is 24.3. The minimum atomic E-state index is -4.69. The fraction of sp³-hybridized carbons (Fsp3) is 0.148. The van der Waals surface area contributed by atoms with Gasteiger partial charge in [-0.05, 0) is 41.8 Å². The number of halogens is 3. The van der Waals surface area contributed by atoms with Crippen LogP contribution in [-0.4, -0.2) is 26.5 Å². The molecule has 0 spiro atoms. The fourth-order valence-electron chi connectivity index (χ4n) is 4.91. The van der Waals surface area contributed by atoms with Gasteiger partial charge in [-0.25, -0.2) is 9.50 Å². The molecule has 1 aliphatic rings. The van der Waals surface area contributed by atoms with Crippen molar-refractivity contribution in [3.8, 4) is 11.3 Å². The summed E-state index contributed by atoms with van der Waals surface area (Å²) < 4.78 is 43.1. The number of aromatic nitrogens is 3. The van der Waals surface area contributed by atoms with Crippen molar-refractivity contribution in [3.05, 3.63) is 95.8 Å². The first kappa shape index (κ1) is 21.3. The second kappa shape index (κ2) is 7.66. The van der Waals surface area contributed by atoms with Gasteiger partial charge >= 0.3 is 6.18 Å². The number of carbonyl (C=O) groups is 1. The quantitative estimate of drug-likeness (QED) is 0.309. The van der Waals surface area contributed by atoms with Crippen molar-refractivity contribution in [1.29, 1.82) is 0 Å². The zero-order valence-corrected chi connectivity index (χ0v) is 18.6. The highest BCUT2D eigenvalue weighted by atomic mass is 19.4. The van der Waals surface area contributed by atoms with Crippen molar-refractivity contribution in [1.82, 2.24) is 14.6 Å². The maximum Gasteiger partial charge on any atom is 0.433 e. The molecule has 0 fully saturated rings. The van der Waals surface area contributed by atoms with E-state index in [0.29, 0.717) is 16.5 Å². The molecule has 0 unspecified atom stereocenters. The largest absolute Gasteiger partial charge is 0.433 e. The molecule has 3 heterocycles. The summed E-state index contributed by atoms with van der Waals surface area (Å²) in [6, 6.07) is 21.2. The number of rotatable bonds is 2. The normalized spacial score (nSPS) is 15.7. The average Bonchev–Trinajstić information content (AvgIpc) is 3.42. The van der Waals surface area contributed by atoms with Gasteiger partial charge in [0.25, 0.3) is 5.91 Å². The number of fused-ring (bicyclic) bond motifs is 3. The van der Waals surface area contributed by atoms with Crippen LogP contribution >= 0.6 is 0 Å². The third-order valence-electron chi connectivity index (χ3n) is 6.48. The van der Waals surface area contributed by atoms with Crippen molar-refractivity contribution >= 4 is 28.0 Å². The molecule has 0 bridgehead atoms. The number of para-hydroxylation sites is 1. The van der Waals surface area contributed by atoms with Crippen LogP contribution in [0.15, 0.2) is 79.0 Å².